The second kappa shape index (κ2) is 9.33. The van der Waals surface area contributed by atoms with E-state index in [1.54, 1.807) is 29.2 Å². The smallest absolute Gasteiger partial charge is 0.243 e. The summed E-state index contributed by atoms with van der Waals surface area (Å²) in [4.78, 5) is 15.5. The van der Waals surface area contributed by atoms with Crippen molar-refractivity contribution in [2.75, 3.05) is 11.4 Å². The Labute approximate surface area is 201 Å². The number of fused-ring (bicyclic) bond motifs is 1. The lowest BCUT2D eigenvalue weighted by Gasteiger charge is -2.34. The molecule has 31 heavy (non-hydrogen) atoms. The first-order valence-corrected chi connectivity index (χ1v) is 13.7. The molecule has 0 radical (unpaired) electrons. The number of amides is 1. The molecule has 0 saturated heterocycles. The van der Waals surface area contributed by atoms with Crippen LogP contribution >= 0.6 is 31.9 Å². The molecule has 1 saturated carbocycles. The number of carbonyl (C=O) groups excluding carboxylic acids is 1. The van der Waals surface area contributed by atoms with E-state index in [-0.39, 0.29) is 29.4 Å². The van der Waals surface area contributed by atoms with E-state index in [0.717, 1.165) is 58.7 Å². The molecule has 1 amide bonds. The highest BCUT2D eigenvalue weighted by molar-refractivity contribution is 9.10. The van der Waals surface area contributed by atoms with Gasteiger partial charge in [-0.15, -0.1) is 0 Å². The molecule has 2 aliphatic rings. The molecule has 0 aromatic heterocycles. The van der Waals surface area contributed by atoms with Crippen molar-refractivity contribution < 1.29 is 13.2 Å². The molecule has 2 aromatic rings. The Kier molecular flexibility index (Phi) is 6.91. The van der Waals surface area contributed by atoms with Crippen LogP contribution in [0.2, 0.25) is 0 Å². The van der Waals surface area contributed by atoms with E-state index in [4.69, 9.17) is 0 Å². The predicted octanol–water partition coefficient (Wildman–Crippen LogP) is 5.51. The highest BCUT2D eigenvalue weighted by Crippen LogP contribution is 2.35. The van der Waals surface area contributed by atoms with E-state index < -0.39 is 10.0 Å². The summed E-state index contributed by atoms with van der Waals surface area (Å²) in [5, 5.41) is 0. The number of rotatable bonds is 5. The van der Waals surface area contributed by atoms with Crippen LogP contribution < -0.4 is 4.90 Å². The monoisotopic (exact) mass is 568 g/mol. The average Bonchev–Trinajstić information content (AvgIpc) is 3.07. The molecule has 1 fully saturated rings. The Morgan fingerprint density at radius 3 is 2.35 bits per heavy atom. The van der Waals surface area contributed by atoms with Gasteiger partial charge in [0.2, 0.25) is 15.9 Å². The first-order chi connectivity index (χ1) is 14.8. The Balaban J connectivity index is 1.65. The molecule has 166 valence electrons. The maximum atomic E-state index is 13.6. The van der Waals surface area contributed by atoms with Crippen molar-refractivity contribution in [1.82, 2.24) is 4.31 Å². The largest absolute Gasteiger partial charge is 0.308 e. The molecule has 5 nitrogen and oxygen atoms in total. The maximum absolute atomic E-state index is 13.6. The molecular formula is C23H26Br2N2O3S. The molecular weight excluding hydrogens is 544 g/mol. The van der Waals surface area contributed by atoms with Crippen LogP contribution in [0.15, 0.2) is 56.3 Å². The number of anilines is 1. The van der Waals surface area contributed by atoms with E-state index in [0.29, 0.717) is 0 Å². The summed E-state index contributed by atoms with van der Waals surface area (Å²) >= 11 is 6.86. The van der Waals surface area contributed by atoms with Crippen molar-refractivity contribution in [3.05, 3.63) is 57.0 Å². The number of sulfonamides is 1. The fourth-order valence-electron chi connectivity index (χ4n) is 4.71. The van der Waals surface area contributed by atoms with Gasteiger partial charge in [-0.1, -0.05) is 51.1 Å². The Morgan fingerprint density at radius 2 is 1.68 bits per heavy atom. The molecule has 1 aliphatic heterocycles. The van der Waals surface area contributed by atoms with Crippen LogP contribution in [0.25, 0.3) is 0 Å². The third-order valence-electron chi connectivity index (χ3n) is 6.22. The summed E-state index contributed by atoms with van der Waals surface area (Å²) < 4.78 is 30.5. The normalized spacial score (nSPS) is 19.6. The van der Waals surface area contributed by atoms with Crippen molar-refractivity contribution >= 4 is 53.5 Å². The van der Waals surface area contributed by atoms with Gasteiger partial charge in [-0.25, -0.2) is 8.42 Å². The van der Waals surface area contributed by atoms with Crippen LogP contribution in [-0.4, -0.2) is 37.3 Å². The Hall–Kier alpha value is -1.22. The minimum absolute atomic E-state index is 0.000362. The maximum Gasteiger partial charge on any atom is 0.243 e. The second-order valence-electron chi connectivity index (χ2n) is 8.39. The van der Waals surface area contributed by atoms with Gasteiger partial charge < -0.3 is 4.90 Å². The summed E-state index contributed by atoms with van der Waals surface area (Å²) in [5.41, 5.74) is 1.99. The van der Waals surface area contributed by atoms with E-state index in [1.807, 2.05) is 25.1 Å². The van der Waals surface area contributed by atoms with E-state index in [9.17, 15) is 13.2 Å². The van der Waals surface area contributed by atoms with Crippen molar-refractivity contribution in [1.29, 1.82) is 0 Å². The van der Waals surface area contributed by atoms with Crippen molar-refractivity contribution in [2.45, 2.75) is 62.4 Å². The fraction of sp³-hybridized carbons (Fsp3) is 0.435. The number of halogens is 2. The average molecular weight is 570 g/mol. The molecule has 1 aliphatic carbocycles. The van der Waals surface area contributed by atoms with Gasteiger partial charge in [-0.3, -0.25) is 4.79 Å². The molecule has 2 aromatic carbocycles. The minimum Gasteiger partial charge on any atom is -0.308 e. The summed E-state index contributed by atoms with van der Waals surface area (Å²) in [6.07, 6.45) is 5.44. The molecule has 1 heterocycles. The van der Waals surface area contributed by atoms with Crippen LogP contribution in [0.5, 0.6) is 0 Å². The Bertz CT molecular complexity index is 1070. The zero-order chi connectivity index (χ0) is 22.2. The van der Waals surface area contributed by atoms with Gasteiger partial charge in [0.15, 0.2) is 0 Å². The van der Waals surface area contributed by atoms with Gasteiger partial charge in [0.05, 0.1) is 11.4 Å². The highest BCUT2D eigenvalue weighted by Gasteiger charge is 2.38. The second-order valence-corrected chi connectivity index (χ2v) is 12.1. The number of hydrogen-bond donors (Lipinski definition) is 0. The molecule has 0 spiro atoms. The molecule has 0 N–H and O–H groups in total. The summed E-state index contributed by atoms with van der Waals surface area (Å²) in [7, 11) is -3.79. The molecule has 4 rings (SSSR count). The van der Waals surface area contributed by atoms with E-state index in [2.05, 4.69) is 31.9 Å². The number of hydrogen-bond acceptors (Lipinski definition) is 3. The van der Waals surface area contributed by atoms with E-state index >= 15 is 0 Å². The van der Waals surface area contributed by atoms with E-state index in [1.165, 1.54) is 4.31 Å². The quantitative estimate of drug-likeness (QED) is 0.477. The van der Waals surface area contributed by atoms with Gasteiger partial charge in [-0.2, -0.15) is 4.31 Å². The standard InChI is InChI=1S/C23H26Br2N2O3S/c1-16-13-17-14-19(25)9-12-22(17)27(16)23(28)15-26(20-5-3-2-4-6-20)31(29,30)21-10-7-18(24)8-11-21/h7-12,14,16,20H,2-6,13,15H2,1H3/t16-/m0/s1. The van der Waals surface area contributed by atoms with Crippen LogP contribution in [-0.2, 0) is 21.2 Å². The van der Waals surface area contributed by atoms with Crippen LogP contribution in [0, 0.1) is 0 Å². The third kappa shape index (κ3) is 4.77. The van der Waals surface area contributed by atoms with Gasteiger partial charge >= 0.3 is 0 Å². The molecule has 1 atom stereocenters. The summed E-state index contributed by atoms with van der Waals surface area (Å²) in [6, 6.07) is 12.4. The lowest BCUT2D eigenvalue weighted by Crippen LogP contribution is -2.49. The topological polar surface area (TPSA) is 57.7 Å². The summed E-state index contributed by atoms with van der Waals surface area (Å²) in [5.74, 6) is -0.167. The molecule has 0 bridgehead atoms. The first kappa shape index (κ1) is 23.0. The van der Waals surface area contributed by atoms with Crippen LogP contribution in [0.4, 0.5) is 5.69 Å². The SMILES string of the molecule is C[C@H]1Cc2cc(Br)ccc2N1C(=O)CN(C1CCCCC1)S(=O)(=O)c1ccc(Br)cc1. The summed E-state index contributed by atoms with van der Waals surface area (Å²) in [6.45, 7) is 1.88. The highest BCUT2D eigenvalue weighted by atomic mass is 79.9. The Morgan fingerprint density at radius 1 is 1.03 bits per heavy atom. The molecule has 0 unspecified atom stereocenters. The van der Waals surface area contributed by atoms with Gasteiger partial charge in [0, 0.05) is 26.7 Å². The van der Waals surface area contributed by atoms with Crippen molar-refractivity contribution in [3.63, 3.8) is 0 Å². The van der Waals surface area contributed by atoms with Crippen LogP contribution in [0.1, 0.15) is 44.6 Å². The third-order valence-corrected chi connectivity index (χ3v) is 9.15. The number of carbonyl (C=O) groups is 1. The van der Waals surface area contributed by atoms with Crippen molar-refractivity contribution in [2.24, 2.45) is 0 Å². The van der Waals surface area contributed by atoms with Gasteiger partial charge in [0.25, 0.3) is 0 Å². The first-order valence-electron chi connectivity index (χ1n) is 10.7. The number of nitrogens with zero attached hydrogens (tertiary/aromatic N) is 2. The minimum atomic E-state index is -3.79. The zero-order valence-electron chi connectivity index (χ0n) is 17.4. The van der Waals surface area contributed by atoms with Gasteiger partial charge in [-0.05, 0) is 74.2 Å². The lowest BCUT2D eigenvalue weighted by molar-refractivity contribution is -0.119. The van der Waals surface area contributed by atoms with Crippen molar-refractivity contribution in [3.8, 4) is 0 Å². The molecule has 8 heteroatoms. The zero-order valence-corrected chi connectivity index (χ0v) is 21.4. The lowest BCUT2D eigenvalue weighted by atomic mass is 9.95. The predicted molar refractivity (Wildman–Crippen MR) is 130 cm³/mol. The van der Waals surface area contributed by atoms with Crippen LogP contribution in [0.3, 0.4) is 0 Å². The van der Waals surface area contributed by atoms with Gasteiger partial charge in [0.1, 0.15) is 0 Å². The fourth-order valence-corrected chi connectivity index (χ4v) is 7.02. The number of benzene rings is 2.